The monoisotopic (exact) mass is 464 g/mol. The number of piperidine rings is 2. The number of pyridine rings is 1. The van der Waals surface area contributed by atoms with Gasteiger partial charge in [-0.05, 0) is 69.4 Å². The number of rotatable bonds is 3. The molecule has 3 saturated heterocycles. The molecule has 34 heavy (non-hydrogen) atoms. The molecule has 0 aliphatic carbocycles. The van der Waals surface area contributed by atoms with Crippen LogP contribution in [0.1, 0.15) is 55.8 Å². The van der Waals surface area contributed by atoms with Crippen LogP contribution in [0.15, 0.2) is 30.3 Å². The summed E-state index contributed by atoms with van der Waals surface area (Å²) in [5.74, 6) is -0.183. The first-order valence-corrected chi connectivity index (χ1v) is 12.6. The van der Waals surface area contributed by atoms with Crippen LogP contribution in [0, 0.1) is 5.92 Å². The van der Waals surface area contributed by atoms with Crippen LogP contribution in [0.25, 0.3) is 10.9 Å². The Morgan fingerprint density at radius 1 is 1.12 bits per heavy atom. The fourth-order valence-corrected chi connectivity index (χ4v) is 5.49. The number of aromatic nitrogens is 1. The molecular formula is C26H36N6O2. The first-order chi connectivity index (χ1) is 16.4. The van der Waals surface area contributed by atoms with E-state index in [1.54, 1.807) is 4.90 Å². The molecular weight excluding hydrogens is 428 g/mol. The number of hydrogen-bond acceptors (Lipinski definition) is 6. The normalized spacial score (nSPS) is 28.5. The van der Waals surface area contributed by atoms with Gasteiger partial charge in [-0.2, -0.15) is 0 Å². The maximum atomic E-state index is 13.2. The van der Waals surface area contributed by atoms with Crippen molar-refractivity contribution in [1.82, 2.24) is 25.4 Å². The van der Waals surface area contributed by atoms with Crippen LogP contribution >= 0.6 is 0 Å². The summed E-state index contributed by atoms with van der Waals surface area (Å²) in [6, 6.07) is 10.3. The summed E-state index contributed by atoms with van der Waals surface area (Å²) < 4.78 is 0. The number of carbonyl (C=O) groups is 2. The van der Waals surface area contributed by atoms with Crippen LogP contribution in [-0.2, 0) is 9.59 Å². The van der Waals surface area contributed by atoms with E-state index >= 15 is 0 Å². The topological polar surface area (TPSA) is 104 Å². The average molecular weight is 465 g/mol. The predicted octanol–water partition coefficient (Wildman–Crippen LogP) is 1.72. The molecule has 5 rings (SSSR count). The fraction of sp³-hybridized carbons (Fsp3) is 0.577. The van der Waals surface area contributed by atoms with E-state index in [0.29, 0.717) is 24.9 Å². The molecule has 0 bridgehead atoms. The molecule has 8 nitrogen and oxygen atoms in total. The molecule has 1 unspecified atom stereocenters. The highest BCUT2D eigenvalue weighted by atomic mass is 16.2. The molecule has 3 fully saturated rings. The van der Waals surface area contributed by atoms with Gasteiger partial charge in [-0.1, -0.05) is 25.1 Å². The third kappa shape index (κ3) is 4.67. The Bertz CT molecular complexity index is 1070. The number of nitrogens with one attached hydrogen (secondary N) is 2. The van der Waals surface area contributed by atoms with E-state index in [9.17, 15) is 9.59 Å². The standard InChI is InChI=1S/C26H36N6O2/c1-16-3-8-23(32(15-16)26(34)25(33)30-22-14-28-24(22)27)19-5-4-17-6-7-20(29-21(17)13-19)18-9-11-31(2)12-10-18/h4-7,13,16,18,22-24,28H,3,8-12,14-15,27H2,1-2H3,(H,30,33)/t16-,22+,23+,24?/m0/s1. The summed E-state index contributed by atoms with van der Waals surface area (Å²) in [6.45, 7) is 5.51. The summed E-state index contributed by atoms with van der Waals surface area (Å²) in [5, 5.41) is 6.90. The van der Waals surface area contributed by atoms with E-state index in [1.165, 1.54) is 0 Å². The first-order valence-electron chi connectivity index (χ1n) is 12.6. The second-order valence-corrected chi connectivity index (χ2v) is 10.4. The molecule has 2 amide bonds. The summed E-state index contributed by atoms with van der Waals surface area (Å²) in [6.07, 6.45) is 3.83. The molecule has 1 aromatic carbocycles. The van der Waals surface area contributed by atoms with E-state index in [4.69, 9.17) is 10.7 Å². The molecule has 1 aromatic heterocycles. The zero-order chi connectivity index (χ0) is 23.8. The molecule has 4 atom stereocenters. The number of benzene rings is 1. The van der Waals surface area contributed by atoms with Gasteiger partial charge < -0.3 is 20.9 Å². The van der Waals surface area contributed by atoms with Crippen LogP contribution < -0.4 is 16.4 Å². The summed E-state index contributed by atoms with van der Waals surface area (Å²) in [5.41, 5.74) is 9.04. The Morgan fingerprint density at radius 2 is 1.88 bits per heavy atom. The van der Waals surface area contributed by atoms with Crippen molar-refractivity contribution in [2.75, 3.05) is 33.2 Å². The van der Waals surface area contributed by atoms with Crippen molar-refractivity contribution >= 4 is 22.7 Å². The van der Waals surface area contributed by atoms with Gasteiger partial charge >= 0.3 is 11.8 Å². The van der Waals surface area contributed by atoms with E-state index in [1.807, 2.05) is 0 Å². The van der Waals surface area contributed by atoms with E-state index < -0.39 is 11.8 Å². The number of amides is 2. The second-order valence-electron chi connectivity index (χ2n) is 10.4. The van der Waals surface area contributed by atoms with Crippen molar-refractivity contribution in [2.24, 2.45) is 11.7 Å². The van der Waals surface area contributed by atoms with Gasteiger partial charge in [0.25, 0.3) is 0 Å². The number of carbonyl (C=O) groups excluding carboxylic acids is 2. The molecule has 182 valence electrons. The van der Waals surface area contributed by atoms with Crippen LogP contribution in [0.3, 0.4) is 0 Å². The van der Waals surface area contributed by atoms with Crippen LogP contribution in [0.5, 0.6) is 0 Å². The molecule has 2 aromatic rings. The number of nitrogens with zero attached hydrogens (tertiary/aromatic N) is 3. The summed E-state index contributed by atoms with van der Waals surface area (Å²) >= 11 is 0. The summed E-state index contributed by atoms with van der Waals surface area (Å²) in [7, 11) is 2.17. The summed E-state index contributed by atoms with van der Waals surface area (Å²) in [4.78, 5) is 35.1. The Labute approximate surface area is 201 Å². The maximum Gasteiger partial charge on any atom is 0.312 e. The SMILES string of the molecule is C[C@H]1CC[C@H](c2ccc3ccc(C4CCN(C)CC4)nc3c2)N(C(=O)C(=O)N[C@@H]2CNC2N)C1. The molecule has 0 saturated carbocycles. The number of hydrogen-bond donors (Lipinski definition) is 3. The highest BCUT2D eigenvalue weighted by Gasteiger charge is 2.37. The number of nitrogens with two attached hydrogens (primary N) is 1. The molecule has 0 radical (unpaired) electrons. The van der Waals surface area contributed by atoms with Crippen molar-refractivity contribution < 1.29 is 9.59 Å². The molecule has 4 N–H and O–H groups in total. The molecule has 4 heterocycles. The van der Waals surface area contributed by atoms with Crippen molar-refractivity contribution in [3.05, 3.63) is 41.6 Å². The zero-order valence-corrected chi connectivity index (χ0v) is 20.2. The number of likely N-dealkylation sites (tertiary alicyclic amines) is 2. The van der Waals surface area contributed by atoms with Gasteiger partial charge in [-0.3, -0.25) is 19.9 Å². The van der Waals surface area contributed by atoms with Gasteiger partial charge in [-0.25, -0.2) is 0 Å². The Balaban J connectivity index is 1.38. The van der Waals surface area contributed by atoms with Gasteiger partial charge in [0.15, 0.2) is 0 Å². The minimum atomic E-state index is -0.565. The van der Waals surface area contributed by atoms with Crippen molar-refractivity contribution in [1.29, 1.82) is 0 Å². The lowest BCUT2D eigenvalue weighted by Gasteiger charge is -2.40. The Kier molecular flexibility index (Phi) is 6.55. The Morgan fingerprint density at radius 3 is 2.59 bits per heavy atom. The number of fused-ring (bicyclic) bond motifs is 1. The lowest BCUT2D eigenvalue weighted by Crippen LogP contribution is -2.70. The highest BCUT2D eigenvalue weighted by Crippen LogP contribution is 2.35. The van der Waals surface area contributed by atoms with Gasteiger partial charge in [-0.15, -0.1) is 0 Å². The minimum absolute atomic E-state index is 0.124. The zero-order valence-electron chi connectivity index (χ0n) is 20.2. The van der Waals surface area contributed by atoms with E-state index in [0.717, 1.165) is 60.9 Å². The van der Waals surface area contributed by atoms with Crippen molar-refractivity contribution in [3.8, 4) is 0 Å². The van der Waals surface area contributed by atoms with Crippen LogP contribution in [0.2, 0.25) is 0 Å². The molecule has 3 aliphatic rings. The Hall–Kier alpha value is -2.55. The maximum absolute atomic E-state index is 13.2. The van der Waals surface area contributed by atoms with Crippen LogP contribution in [-0.4, -0.2) is 72.0 Å². The smallest absolute Gasteiger partial charge is 0.312 e. The third-order valence-electron chi connectivity index (χ3n) is 7.86. The van der Waals surface area contributed by atoms with Gasteiger partial charge in [0.05, 0.1) is 23.8 Å². The molecule has 3 aliphatic heterocycles. The second kappa shape index (κ2) is 9.60. The lowest BCUT2D eigenvalue weighted by molar-refractivity contribution is -0.149. The predicted molar refractivity (Wildman–Crippen MR) is 132 cm³/mol. The molecule has 0 spiro atoms. The van der Waals surface area contributed by atoms with Crippen molar-refractivity contribution in [2.45, 2.75) is 56.8 Å². The minimum Gasteiger partial charge on any atom is -0.341 e. The lowest BCUT2D eigenvalue weighted by atomic mass is 9.89. The van der Waals surface area contributed by atoms with Gasteiger partial charge in [0.2, 0.25) is 0 Å². The highest BCUT2D eigenvalue weighted by molar-refractivity contribution is 6.35. The van der Waals surface area contributed by atoms with Crippen molar-refractivity contribution in [3.63, 3.8) is 0 Å². The quantitative estimate of drug-likeness (QED) is 0.598. The van der Waals surface area contributed by atoms with Gasteiger partial charge in [0.1, 0.15) is 0 Å². The largest absolute Gasteiger partial charge is 0.341 e. The fourth-order valence-electron chi connectivity index (χ4n) is 5.49. The van der Waals surface area contributed by atoms with Gasteiger partial charge in [0, 0.05) is 30.1 Å². The average Bonchev–Trinajstić information content (AvgIpc) is 2.85. The third-order valence-corrected chi connectivity index (χ3v) is 7.86. The van der Waals surface area contributed by atoms with E-state index in [-0.39, 0.29) is 18.2 Å². The molecule has 8 heteroatoms. The first kappa shape index (κ1) is 23.2. The van der Waals surface area contributed by atoms with Crippen LogP contribution in [0.4, 0.5) is 0 Å². The van der Waals surface area contributed by atoms with E-state index in [2.05, 4.69) is 59.8 Å².